The Hall–Kier alpha value is -3.88. The predicted octanol–water partition coefficient (Wildman–Crippen LogP) is 3.87. The number of ether oxygens (including phenoxy) is 4. The van der Waals surface area contributed by atoms with Crippen molar-refractivity contribution < 1.29 is 28.8 Å². The molecule has 8 nitrogen and oxygen atoms in total. The van der Waals surface area contributed by atoms with Gasteiger partial charge in [-0.15, -0.1) is 0 Å². The number of hydrogen-bond acceptors (Lipinski definition) is 7. The largest absolute Gasteiger partial charge is 0.459 e. The topological polar surface area (TPSA) is 99.1 Å². The molecule has 34 heavy (non-hydrogen) atoms. The number of carbonyl (C=O) groups excluding carboxylic acids is 1. The summed E-state index contributed by atoms with van der Waals surface area (Å²) in [6, 6.07) is 16.8. The van der Waals surface area contributed by atoms with Crippen LogP contribution in [0.5, 0.6) is 11.5 Å². The third-order valence-corrected chi connectivity index (χ3v) is 5.67. The summed E-state index contributed by atoms with van der Waals surface area (Å²) in [5, 5.41) is 12.0. The molecule has 0 saturated heterocycles. The monoisotopic (exact) mass is 460 g/mol. The lowest BCUT2D eigenvalue weighted by Crippen LogP contribution is -2.29. The molecule has 5 rings (SSSR count). The van der Waals surface area contributed by atoms with E-state index in [1.165, 1.54) is 0 Å². The Kier molecular flexibility index (Phi) is 6.42. The van der Waals surface area contributed by atoms with Gasteiger partial charge >= 0.3 is 0 Å². The summed E-state index contributed by atoms with van der Waals surface area (Å²) in [4.78, 5) is 17.0. The second-order valence-corrected chi connectivity index (χ2v) is 8.01. The summed E-state index contributed by atoms with van der Waals surface area (Å²) >= 11 is 0. The highest BCUT2D eigenvalue weighted by Gasteiger charge is 2.30. The first kappa shape index (κ1) is 21.9. The van der Waals surface area contributed by atoms with E-state index in [9.17, 15) is 9.90 Å². The zero-order chi connectivity index (χ0) is 23.3. The van der Waals surface area contributed by atoms with Crippen molar-refractivity contribution in [1.29, 1.82) is 0 Å². The average molecular weight is 460 g/mol. The molecule has 0 radical (unpaired) electrons. The van der Waals surface area contributed by atoms with Crippen molar-refractivity contribution >= 4 is 11.6 Å². The van der Waals surface area contributed by atoms with Gasteiger partial charge < -0.3 is 29.4 Å². The second-order valence-electron chi connectivity index (χ2n) is 8.01. The number of aliphatic hydroxyl groups is 1. The van der Waals surface area contributed by atoms with Gasteiger partial charge in [0.2, 0.25) is 13.1 Å². The minimum atomic E-state index is -0.632. The van der Waals surface area contributed by atoms with E-state index >= 15 is 0 Å². The Morgan fingerprint density at radius 3 is 2.71 bits per heavy atom. The number of rotatable bonds is 7. The van der Waals surface area contributed by atoms with Gasteiger partial charge in [0, 0.05) is 18.5 Å². The van der Waals surface area contributed by atoms with Crippen LogP contribution in [0.25, 0.3) is 0 Å². The van der Waals surface area contributed by atoms with Gasteiger partial charge in [-0.3, -0.25) is 9.78 Å². The Morgan fingerprint density at radius 1 is 1.09 bits per heavy atom. The van der Waals surface area contributed by atoms with Gasteiger partial charge in [0.15, 0.2) is 17.3 Å². The molecule has 174 valence electrons. The first-order valence-corrected chi connectivity index (χ1v) is 11.0. The summed E-state index contributed by atoms with van der Waals surface area (Å²) in [5.41, 5.74) is 3.32. The number of carbonyl (C=O) groups is 1. The van der Waals surface area contributed by atoms with E-state index in [-0.39, 0.29) is 31.0 Å². The second kappa shape index (κ2) is 9.94. The van der Waals surface area contributed by atoms with E-state index in [0.29, 0.717) is 30.2 Å². The molecule has 2 aromatic carbocycles. The van der Waals surface area contributed by atoms with Crippen LogP contribution in [0.15, 0.2) is 78.8 Å². The van der Waals surface area contributed by atoms with Gasteiger partial charge in [0.1, 0.15) is 0 Å². The average Bonchev–Trinajstić information content (AvgIpc) is 3.36. The quantitative estimate of drug-likeness (QED) is 0.552. The molecule has 0 saturated carbocycles. The van der Waals surface area contributed by atoms with Crippen molar-refractivity contribution in [3.63, 3.8) is 0 Å². The van der Waals surface area contributed by atoms with Crippen molar-refractivity contribution in [2.24, 2.45) is 0 Å². The van der Waals surface area contributed by atoms with Gasteiger partial charge in [-0.2, -0.15) is 0 Å². The van der Waals surface area contributed by atoms with Gasteiger partial charge in [0.05, 0.1) is 25.1 Å². The van der Waals surface area contributed by atoms with Gasteiger partial charge in [-0.1, -0.05) is 30.3 Å². The molecule has 0 fully saturated rings. The van der Waals surface area contributed by atoms with Crippen LogP contribution in [0.2, 0.25) is 0 Å². The molecule has 0 spiro atoms. The number of aromatic nitrogens is 1. The van der Waals surface area contributed by atoms with Crippen molar-refractivity contribution in [3.05, 3.63) is 95.5 Å². The number of amides is 1. The molecule has 1 aromatic heterocycles. The highest BCUT2D eigenvalue weighted by atomic mass is 16.7. The van der Waals surface area contributed by atoms with E-state index in [2.05, 4.69) is 10.3 Å². The van der Waals surface area contributed by atoms with Crippen LogP contribution in [0, 0.1) is 0 Å². The van der Waals surface area contributed by atoms with Crippen LogP contribution in [-0.4, -0.2) is 29.1 Å². The zero-order valence-corrected chi connectivity index (χ0v) is 18.3. The van der Waals surface area contributed by atoms with Crippen LogP contribution in [0.1, 0.15) is 29.0 Å². The van der Waals surface area contributed by atoms with E-state index < -0.39 is 6.29 Å². The zero-order valence-electron chi connectivity index (χ0n) is 18.3. The molecular weight excluding hydrogens is 436 g/mol. The van der Waals surface area contributed by atoms with Crippen molar-refractivity contribution in [2.45, 2.75) is 31.8 Å². The normalized spacial score (nSPS) is 18.7. The van der Waals surface area contributed by atoms with Gasteiger partial charge in [-0.25, -0.2) is 0 Å². The summed E-state index contributed by atoms with van der Waals surface area (Å²) in [6.45, 7) is 0.494. The first-order chi connectivity index (χ1) is 16.7. The fourth-order valence-corrected chi connectivity index (χ4v) is 3.85. The molecule has 2 aliphatic rings. The van der Waals surface area contributed by atoms with Crippen molar-refractivity contribution in [3.8, 4) is 11.5 Å². The highest BCUT2D eigenvalue weighted by molar-refractivity contribution is 6.02. The molecule has 3 aromatic rings. The third kappa shape index (κ3) is 5.03. The van der Waals surface area contributed by atoms with Gasteiger partial charge in [-0.05, 0) is 47.0 Å². The molecule has 1 amide bonds. The maximum atomic E-state index is 13.0. The minimum Gasteiger partial charge on any atom is -0.459 e. The lowest BCUT2D eigenvalue weighted by atomic mass is 9.92. The molecule has 0 aliphatic carbocycles. The molecule has 2 aliphatic heterocycles. The summed E-state index contributed by atoms with van der Waals surface area (Å²) < 4.78 is 22.9. The number of hydrogen-bond donors (Lipinski definition) is 2. The van der Waals surface area contributed by atoms with E-state index in [1.807, 2.05) is 42.5 Å². The molecule has 2 N–H and O–H groups in total. The summed E-state index contributed by atoms with van der Waals surface area (Å²) in [6.07, 6.45) is 4.91. The Balaban J connectivity index is 1.35. The number of fused-ring (bicyclic) bond motifs is 1. The number of nitrogens with one attached hydrogen (secondary N) is 1. The first-order valence-electron chi connectivity index (χ1n) is 11.0. The summed E-state index contributed by atoms with van der Waals surface area (Å²) in [7, 11) is 0. The fraction of sp³-hybridized carbons (Fsp3) is 0.231. The molecular formula is C26H24N2O6. The number of benzene rings is 2. The predicted molar refractivity (Wildman–Crippen MR) is 123 cm³/mol. The van der Waals surface area contributed by atoms with E-state index in [4.69, 9.17) is 18.9 Å². The maximum absolute atomic E-state index is 13.0. The number of allylic oxidation sites excluding steroid dienone is 1. The van der Waals surface area contributed by atoms with Crippen molar-refractivity contribution in [1.82, 2.24) is 4.98 Å². The van der Waals surface area contributed by atoms with Crippen LogP contribution < -0.4 is 14.8 Å². The number of anilines is 1. The lowest BCUT2D eigenvalue weighted by molar-refractivity contribution is -0.147. The number of aliphatic hydroxyl groups excluding tert-OH is 1. The minimum absolute atomic E-state index is 0.00964. The highest BCUT2D eigenvalue weighted by Crippen LogP contribution is 2.38. The summed E-state index contributed by atoms with van der Waals surface area (Å²) in [5.74, 6) is 1.06. The van der Waals surface area contributed by atoms with E-state index in [1.54, 1.807) is 30.6 Å². The van der Waals surface area contributed by atoms with Crippen molar-refractivity contribution in [2.75, 3.05) is 12.1 Å². The standard InChI is InChI=1S/C26H24N2O6/c29-14-17-3-5-18(6-4-17)15-31-25-12-20(19-7-8-22-23(10-19)33-16-32-22)11-24(34-25)26(30)28-21-2-1-9-27-13-21/h1-11,13,20,25,29H,12,14-16H2,(H,28,30)/t20-,25+/m0/s1. The lowest BCUT2D eigenvalue weighted by Gasteiger charge is -2.29. The fourth-order valence-electron chi connectivity index (χ4n) is 3.85. The third-order valence-electron chi connectivity index (χ3n) is 5.67. The number of nitrogens with zero attached hydrogens (tertiary/aromatic N) is 1. The van der Waals surface area contributed by atoms with Crippen LogP contribution >= 0.6 is 0 Å². The maximum Gasteiger partial charge on any atom is 0.290 e. The van der Waals surface area contributed by atoms with E-state index in [0.717, 1.165) is 16.7 Å². The SMILES string of the molecule is O=C(Nc1cccnc1)C1=C[C@H](c2ccc3c(c2)OCO3)C[C@H](OCc2ccc(CO)cc2)O1. The molecule has 0 bridgehead atoms. The Labute approximate surface area is 196 Å². The van der Waals surface area contributed by atoms with Gasteiger partial charge in [0.25, 0.3) is 5.91 Å². The molecule has 8 heteroatoms. The van der Waals surface area contributed by atoms with Crippen LogP contribution in [0.3, 0.4) is 0 Å². The molecule has 2 atom stereocenters. The molecule has 0 unspecified atom stereocenters. The molecule has 3 heterocycles. The Morgan fingerprint density at radius 2 is 1.91 bits per heavy atom. The van der Waals surface area contributed by atoms with Crippen LogP contribution in [0.4, 0.5) is 5.69 Å². The smallest absolute Gasteiger partial charge is 0.290 e. The number of pyridine rings is 1. The Bertz CT molecular complexity index is 1180. The van der Waals surface area contributed by atoms with Crippen LogP contribution in [-0.2, 0) is 27.5 Å².